The van der Waals surface area contributed by atoms with E-state index in [9.17, 15) is 0 Å². The van der Waals surface area contributed by atoms with Crippen LogP contribution in [0.5, 0.6) is 11.5 Å². The van der Waals surface area contributed by atoms with Crippen molar-refractivity contribution in [2.45, 2.75) is 65.7 Å². The fraction of sp³-hybridized carbons (Fsp3) is 0.217. The summed E-state index contributed by atoms with van der Waals surface area (Å²) < 4.78 is 13.3. The summed E-state index contributed by atoms with van der Waals surface area (Å²) in [6.45, 7) is 15.8. The molecule has 3 heterocycles. The van der Waals surface area contributed by atoms with Gasteiger partial charge in [0, 0.05) is 23.0 Å². The van der Waals surface area contributed by atoms with E-state index in [0.717, 1.165) is 50.5 Å². The molecule has 0 unspecified atom stereocenters. The largest absolute Gasteiger partial charge is 0.458 e. The number of hydrogen-bond acceptors (Lipinski definition) is 2. The predicted molar refractivity (Wildman–Crippen MR) is 209 cm³/mol. The van der Waals surface area contributed by atoms with Crippen molar-refractivity contribution in [3.05, 3.63) is 151 Å². The predicted octanol–water partition coefficient (Wildman–Crippen LogP) is 11.5. The van der Waals surface area contributed by atoms with Crippen LogP contribution in [0.3, 0.4) is 0 Å². The first-order valence-electron chi connectivity index (χ1n) is 17.9. The molecule has 3 aromatic heterocycles. The highest BCUT2D eigenvalue weighted by atomic mass is 16.5. The van der Waals surface area contributed by atoms with Gasteiger partial charge >= 0.3 is 0 Å². The minimum atomic E-state index is 0.00596. The Hall–Kier alpha value is -5.68. The van der Waals surface area contributed by atoms with Crippen LogP contribution in [0.2, 0.25) is 0 Å². The van der Waals surface area contributed by atoms with Gasteiger partial charge in [0.1, 0.15) is 17.3 Å². The molecule has 5 nitrogen and oxygen atoms in total. The highest BCUT2D eigenvalue weighted by Crippen LogP contribution is 2.36. The molecule has 8 rings (SSSR count). The van der Waals surface area contributed by atoms with Crippen molar-refractivity contribution in [3.63, 3.8) is 0 Å². The van der Waals surface area contributed by atoms with Crippen LogP contribution in [0.1, 0.15) is 77.0 Å². The molecule has 0 aliphatic heterocycles. The van der Waals surface area contributed by atoms with Crippen LogP contribution < -0.4 is 9.30 Å². The first-order valence-corrected chi connectivity index (χ1v) is 17.9. The molecule has 5 aromatic carbocycles. The lowest BCUT2D eigenvalue weighted by atomic mass is 9.88. The first-order chi connectivity index (χ1) is 24.6. The van der Waals surface area contributed by atoms with Crippen molar-refractivity contribution in [1.29, 1.82) is 0 Å². The number of aromatic nitrogens is 4. The van der Waals surface area contributed by atoms with Crippen molar-refractivity contribution >= 4 is 32.8 Å². The molecule has 8 aromatic rings. The van der Waals surface area contributed by atoms with Gasteiger partial charge in [0.05, 0.1) is 33.4 Å². The Kier molecular flexibility index (Phi) is 8.02. The molecule has 0 saturated carbocycles. The quantitative estimate of drug-likeness (QED) is 0.125. The van der Waals surface area contributed by atoms with Crippen molar-refractivity contribution < 1.29 is 9.30 Å². The van der Waals surface area contributed by atoms with E-state index in [4.69, 9.17) is 9.72 Å². The smallest absolute Gasteiger partial charge is 0.269 e. The van der Waals surface area contributed by atoms with Crippen LogP contribution in [0.25, 0.3) is 50.0 Å². The standard InChI is InChI=1S/C46H44N4O/c1-30(2)36-17-13-18-37(31(3)4)45(36)49-29-48(41-20-10-11-21-42(41)49)33-14-12-15-34(27-33)51-35-22-23-39-38-16-8-9-19-40(38)50(43(39)28-35)44-26-32(24-25-47-44)46(5,6)7/h8-28,30-31H,1-7H3. The number of rotatable bonds is 7. The fourth-order valence-corrected chi connectivity index (χ4v) is 7.28. The molecular formula is C46H44N4O. The lowest BCUT2D eigenvalue weighted by Crippen LogP contribution is -2.33. The number of hydrogen-bond donors (Lipinski definition) is 0. The molecule has 0 amide bonds. The van der Waals surface area contributed by atoms with Crippen molar-refractivity contribution in [1.82, 2.24) is 14.1 Å². The Bertz CT molecular complexity index is 2540. The number of para-hydroxylation sites is 4. The SMILES string of the molecule is CC(C)c1cccc(C(C)C)c1-[n+]1[c-]n(-c2cccc(Oc3ccc4c5ccccc5n(-c5cc(C(C)(C)C)ccn5)c4c3)c2)c2ccccc21. The van der Waals surface area contributed by atoms with E-state index in [1.165, 1.54) is 27.8 Å². The van der Waals surface area contributed by atoms with Gasteiger partial charge in [-0.05, 0) is 82.5 Å². The average molecular weight is 669 g/mol. The lowest BCUT2D eigenvalue weighted by Gasteiger charge is -2.20. The molecule has 254 valence electrons. The van der Waals surface area contributed by atoms with Crippen LogP contribution in [-0.4, -0.2) is 14.1 Å². The summed E-state index contributed by atoms with van der Waals surface area (Å²) in [6, 6.07) is 42.7. The lowest BCUT2D eigenvalue weighted by molar-refractivity contribution is -0.573. The Labute approximate surface area is 300 Å². The maximum absolute atomic E-state index is 6.65. The Morgan fingerprint density at radius 1 is 0.647 bits per heavy atom. The fourth-order valence-electron chi connectivity index (χ4n) is 7.28. The second-order valence-electron chi connectivity index (χ2n) is 15.1. The van der Waals surface area contributed by atoms with Crippen LogP contribution in [0, 0.1) is 6.33 Å². The minimum absolute atomic E-state index is 0.00596. The van der Waals surface area contributed by atoms with Gasteiger partial charge in [-0.1, -0.05) is 115 Å². The van der Waals surface area contributed by atoms with E-state index in [1.807, 2.05) is 12.3 Å². The van der Waals surface area contributed by atoms with E-state index in [2.05, 4.69) is 184 Å². The molecule has 0 aliphatic carbocycles. The van der Waals surface area contributed by atoms with Gasteiger partial charge in [-0.15, -0.1) is 0 Å². The average Bonchev–Trinajstić information content (AvgIpc) is 3.67. The molecule has 0 bridgehead atoms. The molecule has 51 heavy (non-hydrogen) atoms. The molecular weight excluding hydrogens is 625 g/mol. The van der Waals surface area contributed by atoms with Gasteiger partial charge in [-0.25, -0.2) is 4.98 Å². The van der Waals surface area contributed by atoms with Crippen molar-refractivity contribution in [2.24, 2.45) is 0 Å². The topological polar surface area (TPSA) is 35.9 Å². The summed E-state index contributed by atoms with van der Waals surface area (Å²) in [5.74, 6) is 3.15. The van der Waals surface area contributed by atoms with Crippen LogP contribution in [0.15, 0.2) is 128 Å². The summed E-state index contributed by atoms with van der Waals surface area (Å²) in [6.07, 6.45) is 5.67. The van der Waals surface area contributed by atoms with Gasteiger partial charge in [-0.3, -0.25) is 13.7 Å². The first kappa shape index (κ1) is 32.5. The third-order valence-electron chi connectivity index (χ3n) is 9.93. The Morgan fingerprint density at radius 3 is 2.06 bits per heavy atom. The molecule has 0 aliphatic rings. The second kappa shape index (κ2) is 12.6. The van der Waals surface area contributed by atoms with E-state index in [0.29, 0.717) is 11.8 Å². The zero-order valence-electron chi connectivity index (χ0n) is 30.5. The monoisotopic (exact) mass is 668 g/mol. The second-order valence-corrected chi connectivity index (χ2v) is 15.1. The number of imidazole rings is 1. The molecule has 0 atom stereocenters. The maximum atomic E-state index is 6.65. The van der Waals surface area contributed by atoms with Crippen molar-refractivity contribution in [2.75, 3.05) is 0 Å². The Morgan fingerprint density at radius 2 is 1.31 bits per heavy atom. The van der Waals surface area contributed by atoms with Gasteiger partial charge in [0.15, 0.2) is 0 Å². The van der Waals surface area contributed by atoms with E-state index < -0.39 is 0 Å². The molecule has 0 N–H and O–H groups in total. The Balaban J connectivity index is 1.22. The van der Waals surface area contributed by atoms with Crippen molar-refractivity contribution in [3.8, 4) is 28.7 Å². The highest BCUT2D eigenvalue weighted by Gasteiger charge is 2.21. The number of nitrogens with zero attached hydrogens (tertiary/aromatic N) is 4. The summed E-state index contributed by atoms with van der Waals surface area (Å²) in [7, 11) is 0. The summed E-state index contributed by atoms with van der Waals surface area (Å²) >= 11 is 0. The summed E-state index contributed by atoms with van der Waals surface area (Å²) in [4.78, 5) is 4.85. The highest BCUT2D eigenvalue weighted by molar-refractivity contribution is 6.09. The molecule has 0 spiro atoms. The van der Waals surface area contributed by atoms with E-state index in [1.54, 1.807) is 0 Å². The molecule has 5 heteroatoms. The number of benzene rings is 5. The van der Waals surface area contributed by atoms with Crippen LogP contribution >= 0.6 is 0 Å². The van der Waals surface area contributed by atoms with Gasteiger partial charge < -0.3 is 4.74 Å². The van der Waals surface area contributed by atoms with Crippen LogP contribution in [-0.2, 0) is 5.41 Å². The zero-order chi connectivity index (χ0) is 35.4. The van der Waals surface area contributed by atoms with E-state index >= 15 is 0 Å². The normalized spacial score (nSPS) is 12.2. The van der Waals surface area contributed by atoms with Gasteiger partial charge in [-0.2, -0.15) is 0 Å². The third-order valence-corrected chi connectivity index (χ3v) is 9.93. The summed E-state index contributed by atoms with van der Waals surface area (Å²) in [5.41, 5.74) is 10.4. The molecule has 0 radical (unpaired) electrons. The maximum Gasteiger partial charge on any atom is 0.269 e. The molecule has 0 fully saturated rings. The number of fused-ring (bicyclic) bond motifs is 4. The number of ether oxygens (including phenoxy) is 1. The van der Waals surface area contributed by atoms with Crippen LogP contribution in [0.4, 0.5) is 0 Å². The zero-order valence-corrected chi connectivity index (χ0v) is 30.5. The number of pyridine rings is 1. The summed E-state index contributed by atoms with van der Waals surface area (Å²) in [5, 5.41) is 2.35. The third kappa shape index (κ3) is 5.77. The minimum Gasteiger partial charge on any atom is -0.458 e. The van der Waals surface area contributed by atoms with Gasteiger partial charge in [0.2, 0.25) is 0 Å². The van der Waals surface area contributed by atoms with E-state index in [-0.39, 0.29) is 5.41 Å². The molecule has 0 saturated heterocycles. The van der Waals surface area contributed by atoms with Gasteiger partial charge in [0.25, 0.3) is 6.33 Å².